The lowest BCUT2D eigenvalue weighted by molar-refractivity contribution is -0.0724. The summed E-state index contributed by atoms with van der Waals surface area (Å²) < 4.78 is 11.5. The van der Waals surface area contributed by atoms with Gasteiger partial charge >= 0.3 is 0 Å². The number of likely N-dealkylation sites (tertiary alicyclic amines) is 1. The summed E-state index contributed by atoms with van der Waals surface area (Å²) >= 11 is 0. The lowest BCUT2D eigenvalue weighted by Crippen LogP contribution is -2.35. The highest BCUT2D eigenvalue weighted by atomic mass is 16.8. The second kappa shape index (κ2) is 5.89. The summed E-state index contributed by atoms with van der Waals surface area (Å²) in [4.78, 5) is 25.9. The highest BCUT2D eigenvalue weighted by Gasteiger charge is 2.50. The quantitative estimate of drug-likeness (QED) is 0.806. The summed E-state index contributed by atoms with van der Waals surface area (Å²) in [5.41, 5.74) is 2.60. The lowest BCUT2D eigenvalue weighted by atomic mass is 10.1. The van der Waals surface area contributed by atoms with E-state index in [2.05, 4.69) is 4.98 Å². The van der Waals surface area contributed by atoms with Gasteiger partial charge in [-0.25, -0.2) is 0 Å². The maximum absolute atomic E-state index is 12.8. The van der Waals surface area contributed by atoms with Crippen LogP contribution in [0.2, 0.25) is 0 Å². The molecule has 0 radical (unpaired) electrons. The second-order valence-corrected chi connectivity index (χ2v) is 7.76. The number of nitrogens with zero attached hydrogens (tertiary/aromatic N) is 3. The zero-order valence-corrected chi connectivity index (χ0v) is 15.7. The minimum absolute atomic E-state index is 0.0202. The molecule has 2 unspecified atom stereocenters. The molecule has 1 amide bonds. The second-order valence-electron chi connectivity index (χ2n) is 7.76. The van der Waals surface area contributed by atoms with E-state index in [9.17, 15) is 4.79 Å². The third-order valence-electron chi connectivity index (χ3n) is 5.94. The Bertz CT molecular complexity index is 952. The van der Waals surface area contributed by atoms with Crippen LogP contribution in [0.15, 0.2) is 24.3 Å². The van der Waals surface area contributed by atoms with Gasteiger partial charge < -0.3 is 24.2 Å². The first kappa shape index (κ1) is 16.3. The molecule has 28 heavy (non-hydrogen) atoms. The minimum atomic E-state index is 0.0202. The van der Waals surface area contributed by atoms with Gasteiger partial charge in [-0.3, -0.25) is 9.69 Å². The number of anilines is 2. The number of nitrogens with one attached hydrogen (secondary N) is 1. The largest absolute Gasteiger partial charge is 0.469 e. The van der Waals surface area contributed by atoms with Crippen molar-refractivity contribution < 1.29 is 19.1 Å². The predicted octanol–water partition coefficient (Wildman–Crippen LogP) is 2.77. The van der Waals surface area contributed by atoms with Crippen molar-refractivity contribution in [2.75, 3.05) is 31.8 Å². The summed E-state index contributed by atoms with van der Waals surface area (Å²) in [6.45, 7) is 2.05. The fourth-order valence-electron chi connectivity index (χ4n) is 4.34. The van der Waals surface area contributed by atoms with Gasteiger partial charge in [0.25, 0.3) is 5.91 Å². The number of carbonyl (C=O) groups is 1. The van der Waals surface area contributed by atoms with Gasteiger partial charge in [-0.15, -0.1) is 5.06 Å². The van der Waals surface area contributed by atoms with Crippen LogP contribution in [0.1, 0.15) is 41.4 Å². The molecule has 4 aliphatic rings. The number of hydroxylamine groups is 2. The van der Waals surface area contributed by atoms with E-state index in [4.69, 9.17) is 14.3 Å². The van der Waals surface area contributed by atoms with Crippen LogP contribution < -0.4 is 14.5 Å². The number of hydrogen-bond acceptors (Lipinski definition) is 6. The minimum Gasteiger partial charge on any atom is -0.469 e. The topological polar surface area (TPSA) is 73.6 Å². The molecular weight excluding hydrogens is 360 g/mol. The van der Waals surface area contributed by atoms with Crippen LogP contribution in [0.4, 0.5) is 11.5 Å². The van der Waals surface area contributed by atoms with Crippen molar-refractivity contribution in [2.45, 2.75) is 31.6 Å². The average molecular weight is 382 g/mol. The normalized spacial score (nSPS) is 25.5. The molecule has 146 valence electrons. The van der Waals surface area contributed by atoms with E-state index < -0.39 is 0 Å². The molecule has 8 heteroatoms. The van der Waals surface area contributed by atoms with Crippen molar-refractivity contribution in [2.24, 2.45) is 0 Å². The van der Waals surface area contributed by atoms with Gasteiger partial charge in [0, 0.05) is 43.5 Å². The number of hydrogen-bond donors (Lipinski definition) is 1. The van der Waals surface area contributed by atoms with Crippen molar-refractivity contribution >= 4 is 17.4 Å². The Kier molecular flexibility index (Phi) is 3.42. The van der Waals surface area contributed by atoms with Crippen molar-refractivity contribution in [3.63, 3.8) is 0 Å². The highest BCUT2D eigenvalue weighted by molar-refractivity contribution is 5.94. The zero-order chi connectivity index (χ0) is 18.8. The summed E-state index contributed by atoms with van der Waals surface area (Å²) in [7, 11) is 1.88. The van der Waals surface area contributed by atoms with Gasteiger partial charge in [-0.2, -0.15) is 0 Å². The number of aromatic amines is 1. The fraction of sp³-hybridized carbons (Fsp3) is 0.450. The third-order valence-corrected chi connectivity index (χ3v) is 5.94. The molecule has 2 fully saturated rings. The number of aromatic nitrogens is 1. The number of fused-ring (bicyclic) bond motifs is 4. The van der Waals surface area contributed by atoms with Gasteiger partial charge in [0.2, 0.25) is 0 Å². The van der Waals surface area contributed by atoms with Gasteiger partial charge in [-0.1, -0.05) is 6.07 Å². The van der Waals surface area contributed by atoms with Crippen molar-refractivity contribution in [1.29, 1.82) is 0 Å². The molecule has 2 saturated heterocycles. The third kappa shape index (κ3) is 2.41. The molecular formula is C20H22N4O4. The molecule has 0 aliphatic carbocycles. The Morgan fingerprint density at radius 3 is 2.86 bits per heavy atom. The predicted molar refractivity (Wildman–Crippen MR) is 101 cm³/mol. The van der Waals surface area contributed by atoms with Crippen LogP contribution in [0.25, 0.3) is 0 Å². The monoisotopic (exact) mass is 382 g/mol. The first-order valence-electron chi connectivity index (χ1n) is 9.82. The number of likely N-dealkylation sites (N-methyl/N-ethyl adjacent to an activating group) is 1. The van der Waals surface area contributed by atoms with Crippen LogP contribution in [0, 0.1) is 0 Å². The molecule has 5 heterocycles. The SMILES string of the molecule is CN1Oc2cc(N3COc4cc(C(=O)N5CCCCC5)[nH]c43)ccc2C2OC21. The number of piperidine rings is 1. The van der Waals surface area contributed by atoms with Crippen LogP contribution >= 0.6 is 0 Å². The maximum atomic E-state index is 12.8. The van der Waals surface area contributed by atoms with Crippen LogP contribution in [0.5, 0.6) is 11.5 Å². The Hall–Kier alpha value is -2.71. The van der Waals surface area contributed by atoms with Gasteiger partial charge in [0.1, 0.15) is 11.8 Å². The molecule has 4 aliphatic heterocycles. The molecule has 2 aromatic rings. The number of H-pyrrole nitrogens is 1. The molecule has 1 aromatic carbocycles. The van der Waals surface area contributed by atoms with Crippen LogP contribution in [-0.4, -0.2) is 54.0 Å². The number of rotatable bonds is 2. The van der Waals surface area contributed by atoms with E-state index in [1.165, 1.54) is 6.42 Å². The smallest absolute Gasteiger partial charge is 0.270 e. The lowest BCUT2D eigenvalue weighted by Gasteiger charge is -2.26. The number of benzene rings is 1. The van der Waals surface area contributed by atoms with Crippen molar-refractivity contribution in [3.05, 3.63) is 35.5 Å². The van der Waals surface area contributed by atoms with Gasteiger partial charge in [-0.05, 0) is 25.3 Å². The average Bonchev–Trinajstić information content (AvgIpc) is 3.28. The summed E-state index contributed by atoms with van der Waals surface area (Å²) in [6, 6.07) is 7.90. The van der Waals surface area contributed by atoms with Crippen LogP contribution in [-0.2, 0) is 4.74 Å². The zero-order valence-electron chi connectivity index (χ0n) is 15.7. The molecule has 0 spiro atoms. The molecule has 6 rings (SSSR count). The molecule has 0 bridgehead atoms. The number of carbonyl (C=O) groups excluding carboxylic acids is 1. The summed E-state index contributed by atoms with van der Waals surface area (Å²) in [6.07, 6.45) is 3.46. The molecule has 8 nitrogen and oxygen atoms in total. The number of amides is 1. The van der Waals surface area contributed by atoms with Gasteiger partial charge in [0.05, 0.1) is 0 Å². The van der Waals surface area contributed by atoms with E-state index in [0.29, 0.717) is 18.2 Å². The molecule has 2 atom stereocenters. The molecule has 1 N–H and O–H groups in total. The van der Waals surface area contributed by atoms with E-state index >= 15 is 0 Å². The van der Waals surface area contributed by atoms with E-state index in [-0.39, 0.29) is 18.2 Å². The summed E-state index contributed by atoms with van der Waals surface area (Å²) in [5, 5.41) is 1.74. The van der Waals surface area contributed by atoms with Gasteiger partial charge in [0.15, 0.2) is 30.3 Å². The Morgan fingerprint density at radius 1 is 1.14 bits per heavy atom. The maximum Gasteiger partial charge on any atom is 0.270 e. The molecule has 1 aromatic heterocycles. The first-order valence-corrected chi connectivity index (χ1v) is 9.82. The van der Waals surface area contributed by atoms with E-state index in [1.54, 1.807) is 5.06 Å². The number of ether oxygens (including phenoxy) is 2. The molecule has 0 saturated carbocycles. The Labute approximate surface area is 162 Å². The van der Waals surface area contributed by atoms with Crippen LogP contribution in [0.3, 0.4) is 0 Å². The highest BCUT2D eigenvalue weighted by Crippen LogP contribution is 2.50. The standard InChI is InChI=1S/C20H22N4O4/c1-22-20-17(27-20)13-6-5-12(9-15(13)28-22)24-11-26-16-10-14(21-18(16)24)19(25)23-7-3-2-4-8-23/h5-6,9-10,17,20-21H,2-4,7-8,11H2,1H3. The number of epoxide rings is 1. The first-order chi connectivity index (χ1) is 13.7. The van der Waals surface area contributed by atoms with Crippen molar-refractivity contribution in [1.82, 2.24) is 14.9 Å². The van der Waals surface area contributed by atoms with E-state index in [1.807, 2.05) is 41.1 Å². The van der Waals surface area contributed by atoms with Crippen molar-refractivity contribution in [3.8, 4) is 11.5 Å². The fourth-order valence-corrected chi connectivity index (χ4v) is 4.34. The Balaban J connectivity index is 1.28. The summed E-state index contributed by atoms with van der Waals surface area (Å²) in [5.74, 6) is 2.36. The Morgan fingerprint density at radius 2 is 2.00 bits per heavy atom. The van der Waals surface area contributed by atoms with E-state index in [0.717, 1.165) is 48.7 Å².